The lowest BCUT2D eigenvalue weighted by Crippen LogP contribution is -2.43. The standard InChI is InChI=1S/C18H22N4O3/c1-24-12-15-20-10-13(16(19)22-15)11-21-17(23)18(8-5-9-25-18)14-6-3-2-4-7-14/h2-4,6-7,10H,5,8-9,11-12H2,1H3,(H,21,23)(H2,19,20,22). The number of anilines is 1. The number of nitrogen functional groups attached to an aromatic ring is 1. The lowest BCUT2D eigenvalue weighted by molar-refractivity contribution is -0.142. The molecule has 25 heavy (non-hydrogen) atoms. The molecule has 1 fully saturated rings. The molecule has 2 aromatic rings. The Bertz CT molecular complexity index is 730. The Balaban J connectivity index is 1.73. The maximum atomic E-state index is 12.9. The number of carbonyl (C=O) groups is 1. The molecule has 0 aliphatic carbocycles. The average molecular weight is 342 g/mol. The molecule has 1 aromatic heterocycles. The zero-order valence-electron chi connectivity index (χ0n) is 14.2. The Morgan fingerprint density at radius 3 is 2.84 bits per heavy atom. The minimum Gasteiger partial charge on any atom is -0.383 e. The van der Waals surface area contributed by atoms with Gasteiger partial charge in [0.05, 0.1) is 0 Å². The first-order valence-corrected chi connectivity index (χ1v) is 8.23. The summed E-state index contributed by atoms with van der Waals surface area (Å²) in [6.45, 7) is 1.11. The van der Waals surface area contributed by atoms with Crippen molar-refractivity contribution in [3.8, 4) is 0 Å². The van der Waals surface area contributed by atoms with Crippen molar-refractivity contribution in [2.45, 2.75) is 31.6 Å². The van der Waals surface area contributed by atoms with Gasteiger partial charge in [0.25, 0.3) is 5.91 Å². The van der Waals surface area contributed by atoms with Crippen LogP contribution in [0.1, 0.15) is 29.8 Å². The molecule has 1 aliphatic heterocycles. The fraction of sp³-hybridized carbons (Fsp3) is 0.389. The van der Waals surface area contributed by atoms with Crippen LogP contribution in [0.2, 0.25) is 0 Å². The predicted octanol–water partition coefficient (Wildman–Crippen LogP) is 1.53. The maximum Gasteiger partial charge on any atom is 0.257 e. The lowest BCUT2D eigenvalue weighted by atomic mass is 9.90. The smallest absolute Gasteiger partial charge is 0.257 e. The zero-order valence-corrected chi connectivity index (χ0v) is 14.2. The van der Waals surface area contributed by atoms with Crippen LogP contribution in [0.25, 0.3) is 0 Å². The van der Waals surface area contributed by atoms with Crippen molar-refractivity contribution in [3.63, 3.8) is 0 Å². The lowest BCUT2D eigenvalue weighted by Gasteiger charge is -2.27. The largest absolute Gasteiger partial charge is 0.383 e. The molecule has 7 nitrogen and oxygen atoms in total. The van der Waals surface area contributed by atoms with E-state index in [0.717, 1.165) is 12.0 Å². The van der Waals surface area contributed by atoms with Crippen molar-refractivity contribution in [2.75, 3.05) is 19.5 Å². The number of nitrogens with two attached hydrogens (primary N) is 1. The molecule has 0 saturated carbocycles. The van der Waals surface area contributed by atoms with E-state index in [9.17, 15) is 4.79 Å². The van der Waals surface area contributed by atoms with Gasteiger partial charge in [0.1, 0.15) is 12.4 Å². The van der Waals surface area contributed by atoms with E-state index in [-0.39, 0.29) is 12.5 Å². The maximum absolute atomic E-state index is 12.9. The summed E-state index contributed by atoms with van der Waals surface area (Å²) in [5.74, 6) is 0.676. The molecule has 1 saturated heterocycles. The van der Waals surface area contributed by atoms with Gasteiger partial charge in [0.2, 0.25) is 0 Å². The molecule has 1 aliphatic rings. The number of nitrogens with zero attached hydrogens (tertiary/aromatic N) is 2. The number of hydrogen-bond acceptors (Lipinski definition) is 6. The van der Waals surface area contributed by atoms with Crippen molar-refractivity contribution in [3.05, 3.63) is 53.5 Å². The van der Waals surface area contributed by atoms with E-state index in [1.165, 1.54) is 0 Å². The normalized spacial score (nSPS) is 19.7. The van der Waals surface area contributed by atoms with Crippen LogP contribution in [0.4, 0.5) is 5.82 Å². The zero-order chi connectivity index (χ0) is 17.7. The number of carbonyl (C=O) groups excluding carboxylic acids is 1. The van der Waals surface area contributed by atoms with Crippen LogP contribution < -0.4 is 11.1 Å². The van der Waals surface area contributed by atoms with Gasteiger partial charge in [0, 0.05) is 32.0 Å². The molecule has 1 atom stereocenters. The molecule has 0 radical (unpaired) electrons. The summed E-state index contributed by atoms with van der Waals surface area (Å²) in [5, 5.41) is 2.92. The van der Waals surface area contributed by atoms with Crippen molar-refractivity contribution >= 4 is 11.7 Å². The van der Waals surface area contributed by atoms with E-state index in [2.05, 4.69) is 15.3 Å². The Morgan fingerprint density at radius 2 is 2.20 bits per heavy atom. The van der Waals surface area contributed by atoms with Crippen molar-refractivity contribution < 1.29 is 14.3 Å². The monoisotopic (exact) mass is 342 g/mol. The van der Waals surface area contributed by atoms with Gasteiger partial charge in [-0.2, -0.15) is 0 Å². The molecular weight excluding hydrogens is 320 g/mol. The Kier molecular flexibility index (Phi) is 5.25. The van der Waals surface area contributed by atoms with Gasteiger partial charge in [-0.3, -0.25) is 4.79 Å². The number of aromatic nitrogens is 2. The van der Waals surface area contributed by atoms with Crippen LogP contribution in [0.3, 0.4) is 0 Å². The third kappa shape index (κ3) is 3.62. The fourth-order valence-corrected chi connectivity index (χ4v) is 3.00. The van der Waals surface area contributed by atoms with E-state index in [1.54, 1.807) is 13.3 Å². The summed E-state index contributed by atoms with van der Waals surface area (Å²) in [6, 6.07) is 9.58. The molecule has 2 heterocycles. The van der Waals surface area contributed by atoms with Crippen molar-refractivity contribution in [2.24, 2.45) is 0 Å². The Labute approximate surface area is 146 Å². The summed E-state index contributed by atoms with van der Waals surface area (Å²) < 4.78 is 10.9. The Hall–Kier alpha value is -2.51. The fourth-order valence-electron chi connectivity index (χ4n) is 3.00. The molecule has 1 unspecified atom stereocenters. The second-order valence-corrected chi connectivity index (χ2v) is 5.96. The molecule has 132 valence electrons. The molecule has 3 rings (SSSR count). The highest BCUT2D eigenvalue weighted by Crippen LogP contribution is 2.36. The highest BCUT2D eigenvalue weighted by atomic mass is 16.5. The van der Waals surface area contributed by atoms with Crippen LogP contribution in [-0.4, -0.2) is 29.6 Å². The Morgan fingerprint density at radius 1 is 1.40 bits per heavy atom. The minimum absolute atomic E-state index is 0.170. The highest BCUT2D eigenvalue weighted by Gasteiger charge is 2.44. The second kappa shape index (κ2) is 7.58. The summed E-state index contributed by atoms with van der Waals surface area (Å²) in [4.78, 5) is 21.2. The number of rotatable bonds is 6. The van der Waals surface area contributed by atoms with E-state index in [0.29, 0.717) is 36.8 Å². The van der Waals surface area contributed by atoms with Crippen LogP contribution in [-0.2, 0) is 33.0 Å². The van der Waals surface area contributed by atoms with Crippen molar-refractivity contribution in [1.29, 1.82) is 0 Å². The molecule has 0 spiro atoms. The average Bonchev–Trinajstić information content (AvgIpc) is 3.13. The van der Waals surface area contributed by atoms with Crippen LogP contribution in [0, 0.1) is 0 Å². The predicted molar refractivity (Wildman–Crippen MR) is 92.3 cm³/mol. The van der Waals surface area contributed by atoms with Crippen molar-refractivity contribution in [1.82, 2.24) is 15.3 Å². The van der Waals surface area contributed by atoms with Gasteiger partial charge >= 0.3 is 0 Å². The molecule has 1 amide bonds. The molecule has 0 bridgehead atoms. The molecule has 1 aromatic carbocycles. The van der Waals surface area contributed by atoms with Gasteiger partial charge in [-0.1, -0.05) is 30.3 Å². The summed E-state index contributed by atoms with van der Waals surface area (Å²) in [7, 11) is 1.57. The number of methoxy groups -OCH3 is 1. The van der Waals surface area contributed by atoms with Crippen LogP contribution >= 0.6 is 0 Å². The van der Waals surface area contributed by atoms with Crippen LogP contribution in [0.5, 0.6) is 0 Å². The van der Waals surface area contributed by atoms with Gasteiger partial charge < -0.3 is 20.5 Å². The quantitative estimate of drug-likeness (QED) is 0.826. The number of hydrogen-bond donors (Lipinski definition) is 2. The first kappa shape index (κ1) is 17.3. The summed E-state index contributed by atoms with van der Waals surface area (Å²) >= 11 is 0. The van der Waals surface area contributed by atoms with Gasteiger partial charge in [-0.25, -0.2) is 9.97 Å². The summed E-state index contributed by atoms with van der Waals surface area (Å²) in [5.41, 5.74) is 6.54. The number of ether oxygens (including phenoxy) is 2. The van der Waals surface area contributed by atoms with Gasteiger partial charge in [0.15, 0.2) is 11.4 Å². The number of nitrogens with one attached hydrogen (secondary N) is 1. The molecule has 3 N–H and O–H groups in total. The first-order chi connectivity index (χ1) is 12.2. The number of amides is 1. The molecule has 7 heteroatoms. The minimum atomic E-state index is -0.938. The first-order valence-electron chi connectivity index (χ1n) is 8.23. The van der Waals surface area contributed by atoms with E-state index in [1.807, 2.05) is 30.3 Å². The number of benzene rings is 1. The second-order valence-electron chi connectivity index (χ2n) is 5.96. The third-order valence-electron chi connectivity index (χ3n) is 4.29. The van der Waals surface area contributed by atoms with Gasteiger partial charge in [-0.15, -0.1) is 0 Å². The van der Waals surface area contributed by atoms with E-state index >= 15 is 0 Å². The summed E-state index contributed by atoms with van der Waals surface area (Å²) in [6.07, 6.45) is 3.11. The highest BCUT2D eigenvalue weighted by molar-refractivity contribution is 5.87. The van der Waals surface area contributed by atoms with Crippen LogP contribution in [0.15, 0.2) is 36.5 Å². The topological polar surface area (TPSA) is 99.4 Å². The van der Waals surface area contributed by atoms with Gasteiger partial charge in [-0.05, 0) is 18.4 Å². The van der Waals surface area contributed by atoms with E-state index in [4.69, 9.17) is 15.2 Å². The van der Waals surface area contributed by atoms with E-state index < -0.39 is 5.60 Å². The SMILES string of the molecule is COCc1ncc(CNC(=O)C2(c3ccccc3)CCCO2)c(N)n1. The molecular formula is C18H22N4O3. The third-order valence-corrected chi connectivity index (χ3v) is 4.29.